The van der Waals surface area contributed by atoms with Gasteiger partial charge < -0.3 is 10.4 Å². The number of hydrogen-bond acceptors (Lipinski definition) is 4. The molecule has 0 aliphatic rings. The summed E-state index contributed by atoms with van der Waals surface area (Å²) in [5, 5.41) is 16.6. The Balaban J connectivity index is 1.98. The minimum atomic E-state index is -0.539. The molecule has 0 aromatic carbocycles. The molecule has 0 fully saturated rings. The van der Waals surface area contributed by atoms with E-state index in [0.29, 0.717) is 18.0 Å². The van der Waals surface area contributed by atoms with E-state index in [0.717, 1.165) is 5.69 Å². The molecule has 2 rings (SSSR count). The second kappa shape index (κ2) is 6.99. The van der Waals surface area contributed by atoms with Crippen molar-refractivity contribution in [1.29, 1.82) is 0 Å². The molecule has 0 spiro atoms. The number of hydrogen-bond donors (Lipinski definition) is 2. The molecule has 0 saturated heterocycles. The third kappa shape index (κ3) is 4.39. The largest absolute Gasteiger partial charge is 0.391 e. The lowest BCUT2D eigenvalue weighted by Crippen LogP contribution is -2.33. The number of amides is 1. The number of aliphatic hydroxyl groups is 1. The molecule has 6 nitrogen and oxygen atoms in total. The second-order valence-electron chi connectivity index (χ2n) is 5.34. The molecule has 6 heteroatoms. The lowest BCUT2D eigenvalue weighted by atomic mass is 10.1. The molecule has 0 aliphatic heterocycles. The summed E-state index contributed by atoms with van der Waals surface area (Å²) in [5.41, 5.74) is 1.07. The van der Waals surface area contributed by atoms with E-state index in [1.807, 2.05) is 19.9 Å². The summed E-state index contributed by atoms with van der Waals surface area (Å²) in [5.74, 6) is 0.0879. The highest BCUT2D eigenvalue weighted by Gasteiger charge is 2.12. The highest BCUT2D eigenvalue weighted by Crippen LogP contribution is 2.07. The number of carbonyl (C=O) groups excluding carboxylic acids is 1. The number of aliphatic hydroxyl groups excluding tert-OH is 1. The lowest BCUT2D eigenvalue weighted by Gasteiger charge is -2.13. The molecule has 1 unspecified atom stereocenters. The van der Waals surface area contributed by atoms with Crippen LogP contribution in [0.1, 0.15) is 30.8 Å². The van der Waals surface area contributed by atoms with Crippen molar-refractivity contribution in [2.75, 3.05) is 6.54 Å². The van der Waals surface area contributed by atoms with Crippen LogP contribution >= 0.6 is 0 Å². The molecule has 1 amide bonds. The summed E-state index contributed by atoms with van der Waals surface area (Å²) in [6.45, 7) is 4.28. The predicted octanol–water partition coefficient (Wildman–Crippen LogP) is 1.40. The van der Waals surface area contributed by atoms with Crippen LogP contribution in [0.25, 0.3) is 5.69 Å². The van der Waals surface area contributed by atoms with Gasteiger partial charge in [0.1, 0.15) is 5.69 Å². The van der Waals surface area contributed by atoms with Gasteiger partial charge in [0, 0.05) is 25.1 Å². The molecule has 112 valence electrons. The number of carbonyl (C=O) groups is 1. The zero-order valence-electron chi connectivity index (χ0n) is 12.2. The molecular weight excluding hydrogens is 268 g/mol. The van der Waals surface area contributed by atoms with E-state index in [1.54, 1.807) is 35.4 Å². The topological polar surface area (TPSA) is 80.0 Å². The quantitative estimate of drug-likeness (QED) is 0.842. The van der Waals surface area contributed by atoms with Crippen LogP contribution in [0.4, 0.5) is 0 Å². The molecule has 1 atom stereocenters. The number of pyridine rings is 1. The second-order valence-corrected chi connectivity index (χ2v) is 5.34. The van der Waals surface area contributed by atoms with E-state index in [4.69, 9.17) is 0 Å². The Labute approximate surface area is 123 Å². The first-order valence-electron chi connectivity index (χ1n) is 6.98. The van der Waals surface area contributed by atoms with Gasteiger partial charge in [0.15, 0.2) is 0 Å². The maximum atomic E-state index is 12.0. The van der Waals surface area contributed by atoms with E-state index >= 15 is 0 Å². The van der Waals surface area contributed by atoms with Gasteiger partial charge in [0.05, 0.1) is 11.8 Å². The van der Waals surface area contributed by atoms with Gasteiger partial charge in [-0.3, -0.25) is 9.78 Å². The highest BCUT2D eigenvalue weighted by molar-refractivity contribution is 5.92. The molecule has 2 N–H and O–H groups in total. The average Bonchev–Trinajstić information content (AvgIpc) is 2.98. The van der Waals surface area contributed by atoms with Crippen LogP contribution in [0.15, 0.2) is 36.8 Å². The number of nitrogens with one attached hydrogen (secondary N) is 1. The lowest BCUT2D eigenvalue weighted by molar-refractivity contribution is 0.0895. The number of nitrogens with zero attached hydrogens (tertiary/aromatic N) is 3. The SMILES string of the molecule is CC(C)CC(O)CNC(=O)c1cc(-n2cccn2)ccn1. The normalized spacial score (nSPS) is 12.4. The summed E-state index contributed by atoms with van der Waals surface area (Å²) in [6.07, 6.45) is 5.15. The van der Waals surface area contributed by atoms with Crippen LogP contribution in [-0.2, 0) is 0 Å². The summed E-state index contributed by atoms with van der Waals surface area (Å²) in [6, 6.07) is 5.25. The van der Waals surface area contributed by atoms with E-state index in [2.05, 4.69) is 15.4 Å². The van der Waals surface area contributed by atoms with Crippen molar-refractivity contribution in [2.45, 2.75) is 26.4 Å². The Hall–Kier alpha value is -2.21. The van der Waals surface area contributed by atoms with Gasteiger partial charge in [-0.1, -0.05) is 13.8 Å². The standard InChI is InChI=1S/C15H20N4O2/c1-11(2)8-13(20)10-17-15(21)14-9-12(4-6-16-14)19-7-3-5-18-19/h3-7,9,11,13,20H,8,10H2,1-2H3,(H,17,21). The van der Waals surface area contributed by atoms with Crippen molar-refractivity contribution in [2.24, 2.45) is 5.92 Å². The van der Waals surface area contributed by atoms with Gasteiger partial charge in [-0.15, -0.1) is 0 Å². The maximum absolute atomic E-state index is 12.0. The minimum absolute atomic E-state index is 0.227. The van der Waals surface area contributed by atoms with E-state index in [9.17, 15) is 9.90 Å². The first-order valence-corrected chi connectivity index (χ1v) is 6.98. The Morgan fingerprint density at radius 2 is 2.24 bits per heavy atom. The maximum Gasteiger partial charge on any atom is 0.270 e. The van der Waals surface area contributed by atoms with Crippen LogP contribution < -0.4 is 5.32 Å². The van der Waals surface area contributed by atoms with Crippen molar-refractivity contribution in [3.8, 4) is 5.69 Å². The Bertz CT molecular complexity index is 581. The van der Waals surface area contributed by atoms with Crippen LogP contribution in [-0.4, -0.2) is 38.4 Å². The fourth-order valence-corrected chi connectivity index (χ4v) is 2.04. The predicted molar refractivity (Wildman–Crippen MR) is 79.2 cm³/mol. The van der Waals surface area contributed by atoms with Crippen LogP contribution in [0.2, 0.25) is 0 Å². The van der Waals surface area contributed by atoms with Gasteiger partial charge in [-0.2, -0.15) is 5.10 Å². The molecule has 21 heavy (non-hydrogen) atoms. The number of rotatable bonds is 6. The Kier molecular flexibility index (Phi) is 5.05. The van der Waals surface area contributed by atoms with Crippen LogP contribution in [0.3, 0.4) is 0 Å². The van der Waals surface area contributed by atoms with Gasteiger partial charge >= 0.3 is 0 Å². The monoisotopic (exact) mass is 288 g/mol. The Morgan fingerprint density at radius 3 is 2.90 bits per heavy atom. The van der Waals surface area contributed by atoms with Crippen molar-refractivity contribution in [3.05, 3.63) is 42.5 Å². The van der Waals surface area contributed by atoms with Crippen molar-refractivity contribution < 1.29 is 9.90 Å². The first-order chi connectivity index (χ1) is 10.1. The summed E-state index contributed by atoms with van der Waals surface area (Å²) in [4.78, 5) is 16.1. The molecule has 2 aromatic heterocycles. The molecular formula is C15H20N4O2. The van der Waals surface area contributed by atoms with Crippen molar-refractivity contribution in [1.82, 2.24) is 20.1 Å². The van der Waals surface area contributed by atoms with Gasteiger partial charge in [0.25, 0.3) is 5.91 Å². The molecule has 0 radical (unpaired) electrons. The smallest absolute Gasteiger partial charge is 0.270 e. The van der Waals surface area contributed by atoms with Crippen molar-refractivity contribution >= 4 is 5.91 Å². The van der Waals surface area contributed by atoms with Gasteiger partial charge in [-0.05, 0) is 30.5 Å². The zero-order valence-corrected chi connectivity index (χ0v) is 12.2. The van der Waals surface area contributed by atoms with E-state index in [1.165, 1.54) is 0 Å². The fraction of sp³-hybridized carbons (Fsp3) is 0.400. The van der Waals surface area contributed by atoms with Crippen LogP contribution in [0, 0.1) is 5.92 Å². The third-order valence-corrected chi connectivity index (χ3v) is 2.99. The molecule has 0 bridgehead atoms. The molecule has 0 saturated carbocycles. The summed E-state index contributed by atoms with van der Waals surface area (Å²) < 4.78 is 1.66. The van der Waals surface area contributed by atoms with E-state index in [-0.39, 0.29) is 12.5 Å². The molecule has 2 aromatic rings. The molecule has 0 aliphatic carbocycles. The minimum Gasteiger partial charge on any atom is -0.391 e. The third-order valence-electron chi connectivity index (χ3n) is 2.99. The Morgan fingerprint density at radius 1 is 1.43 bits per heavy atom. The number of aromatic nitrogens is 3. The van der Waals surface area contributed by atoms with E-state index < -0.39 is 6.10 Å². The fourth-order valence-electron chi connectivity index (χ4n) is 2.04. The zero-order chi connectivity index (χ0) is 15.2. The van der Waals surface area contributed by atoms with Gasteiger partial charge in [0.2, 0.25) is 0 Å². The highest BCUT2D eigenvalue weighted by atomic mass is 16.3. The van der Waals surface area contributed by atoms with Crippen LogP contribution in [0.5, 0.6) is 0 Å². The molecule has 2 heterocycles. The van der Waals surface area contributed by atoms with Gasteiger partial charge in [-0.25, -0.2) is 4.68 Å². The summed E-state index contributed by atoms with van der Waals surface area (Å²) >= 11 is 0. The summed E-state index contributed by atoms with van der Waals surface area (Å²) in [7, 11) is 0. The average molecular weight is 288 g/mol. The first kappa shape index (κ1) is 15.2. The van der Waals surface area contributed by atoms with Crippen molar-refractivity contribution in [3.63, 3.8) is 0 Å².